The third-order valence-electron chi connectivity index (χ3n) is 7.33. The van der Waals surface area contributed by atoms with Gasteiger partial charge in [-0.1, -0.05) is 66.2 Å². The highest BCUT2D eigenvalue weighted by Gasteiger charge is 2.53. The summed E-state index contributed by atoms with van der Waals surface area (Å²) < 4.78 is 17.8. The van der Waals surface area contributed by atoms with Crippen molar-refractivity contribution in [2.24, 2.45) is 4.99 Å². The molecule has 222 valence electrons. The molecule has 2 N–H and O–H groups in total. The number of carbonyl (C=O) groups is 1. The molecule has 0 fully saturated rings. The van der Waals surface area contributed by atoms with Crippen molar-refractivity contribution in [1.82, 2.24) is 5.32 Å². The number of carbonyl (C=O) groups excluding carboxylic acids is 1. The minimum Gasteiger partial charge on any atom is -0.497 e. The lowest BCUT2D eigenvalue weighted by atomic mass is 9.82. The lowest BCUT2D eigenvalue weighted by molar-refractivity contribution is -0.128. The predicted octanol–water partition coefficient (Wildman–Crippen LogP) is 5.97. The van der Waals surface area contributed by atoms with Gasteiger partial charge >= 0.3 is 0 Å². The summed E-state index contributed by atoms with van der Waals surface area (Å²) in [4.78, 5) is 19.4. The molecule has 0 spiro atoms. The molecule has 0 aliphatic carbocycles. The Bertz CT molecular complexity index is 1540. The summed E-state index contributed by atoms with van der Waals surface area (Å²) in [6, 6.07) is 32.4. The van der Waals surface area contributed by atoms with Crippen LogP contribution in [-0.4, -0.2) is 49.3 Å². The van der Waals surface area contributed by atoms with Crippen LogP contribution in [0.15, 0.2) is 108 Å². The molecule has 0 aromatic heterocycles. The molecule has 2 atom stereocenters. The second kappa shape index (κ2) is 14.2. The van der Waals surface area contributed by atoms with E-state index in [1.807, 2.05) is 103 Å². The van der Waals surface area contributed by atoms with Crippen molar-refractivity contribution in [3.05, 3.63) is 130 Å². The maximum Gasteiger partial charge on any atom is 0.252 e. The summed E-state index contributed by atoms with van der Waals surface area (Å²) in [6.07, 6.45) is 0.773. The quantitative estimate of drug-likeness (QED) is 0.185. The van der Waals surface area contributed by atoms with Gasteiger partial charge in [-0.15, -0.1) is 0 Å². The normalized spacial score (nSPS) is 17.6. The maximum absolute atomic E-state index is 14.3. The number of methoxy groups -OCH3 is 1. The molecule has 0 saturated heterocycles. The Morgan fingerprint density at radius 3 is 2.47 bits per heavy atom. The number of aliphatic hydroxyl groups excluding tert-OH is 1. The highest BCUT2D eigenvalue weighted by atomic mass is 35.5. The number of aliphatic hydroxyl groups is 1. The zero-order valence-electron chi connectivity index (χ0n) is 24.0. The minimum atomic E-state index is -1.30. The van der Waals surface area contributed by atoms with E-state index in [9.17, 15) is 4.79 Å². The molecule has 1 heterocycles. The van der Waals surface area contributed by atoms with Crippen LogP contribution in [0.2, 0.25) is 5.02 Å². The van der Waals surface area contributed by atoms with Crippen LogP contribution < -0.4 is 14.8 Å². The molecular formula is C35H35ClN2O5. The average molecular weight is 599 g/mol. The molecule has 0 unspecified atom stereocenters. The fraction of sp³-hybridized carbons (Fsp3) is 0.257. The summed E-state index contributed by atoms with van der Waals surface area (Å²) in [5.74, 6) is 1.48. The van der Waals surface area contributed by atoms with E-state index in [1.165, 1.54) is 0 Å². The number of hydrogen-bond acceptors (Lipinski definition) is 6. The number of aliphatic imine (C=N–C) groups is 1. The number of amides is 1. The first-order valence-corrected chi connectivity index (χ1v) is 14.7. The molecule has 4 aromatic rings. The fourth-order valence-corrected chi connectivity index (χ4v) is 5.37. The first kappa shape index (κ1) is 30.1. The van der Waals surface area contributed by atoms with Gasteiger partial charge in [0.2, 0.25) is 5.90 Å². The Morgan fingerprint density at radius 2 is 1.72 bits per heavy atom. The van der Waals surface area contributed by atoms with E-state index >= 15 is 0 Å². The molecule has 4 aromatic carbocycles. The topological polar surface area (TPSA) is 89.4 Å². The van der Waals surface area contributed by atoms with E-state index in [-0.39, 0.29) is 12.5 Å². The van der Waals surface area contributed by atoms with E-state index in [4.69, 9.17) is 35.9 Å². The lowest BCUT2D eigenvalue weighted by Gasteiger charge is -2.31. The van der Waals surface area contributed by atoms with Gasteiger partial charge in [-0.3, -0.25) is 4.79 Å². The highest BCUT2D eigenvalue weighted by molar-refractivity contribution is 6.30. The Morgan fingerprint density at radius 1 is 0.953 bits per heavy atom. The van der Waals surface area contributed by atoms with Crippen LogP contribution in [0, 0.1) is 0 Å². The van der Waals surface area contributed by atoms with Gasteiger partial charge in [0.15, 0.2) is 11.6 Å². The Kier molecular flexibility index (Phi) is 9.97. The number of hydrogen-bond donors (Lipinski definition) is 2. The molecular weight excluding hydrogens is 564 g/mol. The van der Waals surface area contributed by atoms with Crippen LogP contribution in [0.25, 0.3) is 0 Å². The molecule has 1 aliphatic heterocycles. The monoisotopic (exact) mass is 598 g/mol. The molecule has 5 rings (SSSR count). The SMILES string of the molecule is COc1cccc([C@H]2OC(c3ccc(OCCCO)cc3)=N[C@@]2(Cc2ccccc2)C(=O)NCCc2cccc(Cl)c2)c1. The second-order valence-corrected chi connectivity index (χ2v) is 10.8. The molecule has 8 heteroatoms. The molecule has 0 radical (unpaired) electrons. The van der Waals surface area contributed by atoms with Crippen molar-refractivity contribution in [3.63, 3.8) is 0 Å². The van der Waals surface area contributed by atoms with Crippen molar-refractivity contribution in [3.8, 4) is 11.5 Å². The van der Waals surface area contributed by atoms with Crippen LogP contribution in [0.5, 0.6) is 11.5 Å². The standard InChI is InChI=1S/C35H35ClN2O5/c1-41-31-13-6-11-28(23-31)32-35(24-26-8-3-2-4-9-26,34(40)37-19-18-25-10-5-12-29(36)22-25)38-33(43-32)27-14-16-30(17-15-27)42-21-7-20-39/h2-6,8-17,22-23,32,39H,7,18-21,24H2,1H3,(H,37,40)/t32-,35-/m1/s1. The molecule has 43 heavy (non-hydrogen) atoms. The van der Waals surface area contributed by atoms with Crippen LogP contribution in [0.1, 0.15) is 34.8 Å². The van der Waals surface area contributed by atoms with E-state index in [0.717, 1.165) is 22.3 Å². The predicted molar refractivity (Wildman–Crippen MR) is 168 cm³/mol. The second-order valence-electron chi connectivity index (χ2n) is 10.4. The van der Waals surface area contributed by atoms with Crippen molar-refractivity contribution >= 4 is 23.4 Å². The highest BCUT2D eigenvalue weighted by Crippen LogP contribution is 2.43. The van der Waals surface area contributed by atoms with Crippen LogP contribution in [-0.2, 0) is 22.4 Å². The van der Waals surface area contributed by atoms with Gasteiger partial charge in [-0.2, -0.15) is 0 Å². The van der Waals surface area contributed by atoms with E-state index in [2.05, 4.69) is 5.32 Å². The molecule has 7 nitrogen and oxygen atoms in total. The van der Waals surface area contributed by atoms with Gasteiger partial charge in [0.25, 0.3) is 5.91 Å². The summed E-state index contributed by atoms with van der Waals surface area (Å²) in [6.45, 7) is 0.894. The molecule has 0 bridgehead atoms. The van der Waals surface area contributed by atoms with Crippen LogP contribution in [0.3, 0.4) is 0 Å². The number of nitrogens with one attached hydrogen (secondary N) is 1. The van der Waals surface area contributed by atoms with E-state index in [1.54, 1.807) is 7.11 Å². The number of rotatable bonds is 13. The third-order valence-corrected chi connectivity index (χ3v) is 7.57. The van der Waals surface area contributed by atoms with E-state index < -0.39 is 11.6 Å². The Labute approximate surface area is 257 Å². The molecule has 1 aliphatic rings. The zero-order chi connectivity index (χ0) is 30.1. The minimum absolute atomic E-state index is 0.0685. The average Bonchev–Trinajstić information content (AvgIpc) is 3.42. The van der Waals surface area contributed by atoms with Gasteiger partial charge in [-0.25, -0.2) is 4.99 Å². The number of nitrogens with zero attached hydrogens (tertiary/aromatic N) is 1. The molecule has 1 amide bonds. The van der Waals surface area contributed by atoms with Gasteiger partial charge in [0, 0.05) is 36.6 Å². The Balaban J connectivity index is 1.51. The number of benzene rings is 4. The smallest absolute Gasteiger partial charge is 0.252 e. The van der Waals surface area contributed by atoms with Gasteiger partial charge < -0.3 is 24.6 Å². The first-order valence-electron chi connectivity index (χ1n) is 14.3. The first-order chi connectivity index (χ1) is 21.0. The van der Waals surface area contributed by atoms with Gasteiger partial charge in [0.05, 0.1) is 13.7 Å². The number of halogens is 1. The van der Waals surface area contributed by atoms with E-state index in [0.29, 0.717) is 54.8 Å². The fourth-order valence-electron chi connectivity index (χ4n) is 5.16. The number of ether oxygens (including phenoxy) is 3. The van der Waals surface area contributed by atoms with Crippen molar-refractivity contribution in [2.75, 3.05) is 26.9 Å². The lowest BCUT2D eigenvalue weighted by Crippen LogP contribution is -2.50. The maximum atomic E-state index is 14.3. The molecule has 0 saturated carbocycles. The summed E-state index contributed by atoms with van der Waals surface area (Å²) in [5, 5.41) is 12.9. The van der Waals surface area contributed by atoms with Crippen molar-refractivity contribution in [2.45, 2.75) is 30.9 Å². The van der Waals surface area contributed by atoms with Crippen LogP contribution >= 0.6 is 11.6 Å². The largest absolute Gasteiger partial charge is 0.497 e. The zero-order valence-corrected chi connectivity index (χ0v) is 24.8. The van der Waals surface area contributed by atoms with Gasteiger partial charge in [-0.05, 0) is 71.6 Å². The van der Waals surface area contributed by atoms with Crippen molar-refractivity contribution < 1.29 is 24.1 Å². The summed E-state index contributed by atoms with van der Waals surface area (Å²) in [7, 11) is 1.61. The third kappa shape index (κ3) is 7.37. The van der Waals surface area contributed by atoms with Crippen molar-refractivity contribution in [1.29, 1.82) is 0 Å². The van der Waals surface area contributed by atoms with Crippen LogP contribution in [0.4, 0.5) is 0 Å². The van der Waals surface area contributed by atoms with Gasteiger partial charge in [0.1, 0.15) is 11.5 Å². The summed E-state index contributed by atoms with van der Waals surface area (Å²) in [5.41, 5.74) is 2.20. The Hall–Kier alpha value is -4.33. The summed E-state index contributed by atoms with van der Waals surface area (Å²) >= 11 is 6.18.